The molecule has 1 aliphatic heterocycles. The molecule has 4 nitrogen and oxygen atoms in total. The molecule has 0 saturated heterocycles. The Bertz CT molecular complexity index is 2710. The molecule has 2 atom stereocenters. The second-order valence-electron chi connectivity index (χ2n) is 13.4. The van der Waals surface area contributed by atoms with Crippen molar-refractivity contribution in [3.05, 3.63) is 175 Å². The van der Waals surface area contributed by atoms with E-state index in [1.54, 1.807) is 0 Å². The van der Waals surface area contributed by atoms with Crippen LogP contribution in [0.15, 0.2) is 164 Å². The van der Waals surface area contributed by atoms with Crippen LogP contribution in [0.3, 0.4) is 0 Å². The van der Waals surface area contributed by atoms with E-state index in [9.17, 15) is 0 Å². The van der Waals surface area contributed by atoms with Crippen molar-refractivity contribution in [2.24, 2.45) is 0 Å². The zero-order valence-electron chi connectivity index (χ0n) is 27.4. The van der Waals surface area contributed by atoms with E-state index < -0.39 is 5.41 Å². The number of rotatable bonds is 4. The molecule has 0 bridgehead atoms. The Balaban J connectivity index is 1.12. The van der Waals surface area contributed by atoms with Crippen LogP contribution < -0.4 is 4.74 Å². The van der Waals surface area contributed by atoms with Gasteiger partial charge < -0.3 is 4.74 Å². The van der Waals surface area contributed by atoms with Crippen LogP contribution in [0.5, 0.6) is 5.75 Å². The summed E-state index contributed by atoms with van der Waals surface area (Å²) in [5.41, 5.74) is 5.83. The Morgan fingerprint density at radius 3 is 2.06 bits per heavy atom. The molecule has 4 heteroatoms. The molecule has 236 valence electrons. The lowest BCUT2D eigenvalue weighted by Crippen LogP contribution is -2.34. The van der Waals surface area contributed by atoms with Gasteiger partial charge in [-0.2, -0.15) is 0 Å². The highest BCUT2D eigenvalue weighted by atomic mass is 16.5. The van der Waals surface area contributed by atoms with Gasteiger partial charge in [-0.1, -0.05) is 140 Å². The summed E-state index contributed by atoms with van der Waals surface area (Å²) < 4.78 is 6.65. The molecule has 0 saturated carbocycles. The molecule has 0 spiro atoms. The summed E-state index contributed by atoms with van der Waals surface area (Å²) in [6, 6.07) is 50.9. The van der Waals surface area contributed by atoms with Crippen molar-refractivity contribution >= 4 is 37.9 Å². The minimum atomic E-state index is -0.447. The van der Waals surface area contributed by atoms with Crippen molar-refractivity contribution in [1.82, 2.24) is 15.0 Å². The predicted octanol–water partition coefficient (Wildman–Crippen LogP) is 11.0. The molecule has 2 heterocycles. The van der Waals surface area contributed by atoms with Crippen molar-refractivity contribution in [3.63, 3.8) is 0 Å². The first kappa shape index (κ1) is 28.6. The molecule has 7 aromatic carbocycles. The number of hydrogen-bond acceptors (Lipinski definition) is 4. The maximum Gasteiger partial charge on any atom is 0.164 e. The Morgan fingerprint density at radius 2 is 1.18 bits per heavy atom. The summed E-state index contributed by atoms with van der Waals surface area (Å²) in [6.07, 6.45) is 6.63. The first-order valence-electron chi connectivity index (χ1n) is 17.0. The van der Waals surface area contributed by atoms with Gasteiger partial charge in [0.1, 0.15) is 11.9 Å². The van der Waals surface area contributed by atoms with Crippen LogP contribution in [0, 0.1) is 0 Å². The third-order valence-electron chi connectivity index (χ3n) is 10.3. The third-order valence-corrected chi connectivity index (χ3v) is 10.3. The summed E-state index contributed by atoms with van der Waals surface area (Å²) in [6.45, 7) is 2.27. The Kier molecular flexibility index (Phi) is 6.34. The molecule has 0 N–H and O–H groups in total. The molecule has 50 heavy (non-hydrogen) atoms. The third kappa shape index (κ3) is 4.56. The lowest BCUT2D eigenvalue weighted by atomic mass is 9.72. The van der Waals surface area contributed by atoms with Crippen molar-refractivity contribution in [2.75, 3.05) is 0 Å². The van der Waals surface area contributed by atoms with Gasteiger partial charge in [-0.3, -0.25) is 0 Å². The minimum absolute atomic E-state index is 0.151. The first-order valence-corrected chi connectivity index (χ1v) is 17.0. The van der Waals surface area contributed by atoms with Gasteiger partial charge in [0, 0.05) is 22.3 Å². The first-order chi connectivity index (χ1) is 24.6. The van der Waals surface area contributed by atoms with E-state index in [4.69, 9.17) is 19.7 Å². The maximum absolute atomic E-state index is 6.65. The Labute approximate surface area is 290 Å². The predicted molar refractivity (Wildman–Crippen MR) is 204 cm³/mol. The molecular weight excluding hydrogens is 611 g/mol. The van der Waals surface area contributed by atoms with E-state index in [1.807, 2.05) is 36.4 Å². The molecule has 1 aromatic heterocycles. The van der Waals surface area contributed by atoms with Gasteiger partial charge in [0.25, 0.3) is 0 Å². The zero-order valence-corrected chi connectivity index (χ0v) is 27.4. The van der Waals surface area contributed by atoms with Crippen LogP contribution in [0.25, 0.3) is 72.1 Å². The number of hydrogen-bond donors (Lipinski definition) is 0. The zero-order chi connectivity index (χ0) is 33.2. The standard InChI is InChI=1S/C46H31N3O/c1-46-28-36(33-22-24-38-34(26-33)20-19-30-11-7-8-15-37(30)38)23-25-41(46)50-40-17-9-16-39(42(40)46)45-48-43(31-12-3-2-4-13-31)47-44(49-45)35-21-18-29-10-5-6-14-32(29)27-35/h2-28,41H,1H3. The summed E-state index contributed by atoms with van der Waals surface area (Å²) in [7, 11) is 0. The summed E-state index contributed by atoms with van der Waals surface area (Å²) >= 11 is 0. The number of aromatic nitrogens is 3. The molecule has 10 rings (SSSR count). The lowest BCUT2D eigenvalue weighted by molar-refractivity contribution is 0.228. The Hall–Kier alpha value is -6.39. The van der Waals surface area contributed by atoms with E-state index >= 15 is 0 Å². The molecule has 0 amide bonds. The molecule has 8 aromatic rings. The van der Waals surface area contributed by atoms with Crippen molar-refractivity contribution < 1.29 is 4.74 Å². The number of ether oxygens (including phenoxy) is 1. The van der Waals surface area contributed by atoms with Gasteiger partial charge in [-0.25, -0.2) is 15.0 Å². The fourth-order valence-electron chi connectivity index (χ4n) is 7.77. The monoisotopic (exact) mass is 641 g/mol. The van der Waals surface area contributed by atoms with Crippen LogP contribution in [-0.2, 0) is 5.41 Å². The second-order valence-corrected chi connectivity index (χ2v) is 13.4. The molecule has 0 radical (unpaired) electrons. The summed E-state index contributed by atoms with van der Waals surface area (Å²) in [5, 5.41) is 7.34. The van der Waals surface area contributed by atoms with Crippen LogP contribution in [0.4, 0.5) is 0 Å². The van der Waals surface area contributed by atoms with Crippen LogP contribution in [-0.4, -0.2) is 21.1 Å². The highest BCUT2D eigenvalue weighted by molar-refractivity contribution is 6.08. The molecular formula is C46H31N3O. The molecule has 0 fully saturated rings. The van der Waals surface area contributed by atoms with E-state index in [1.165, 1.54) is 38.1 Å². The van der Waals surface area contributed by atoms with E-state index in [0.717, 1.165) is 33.4 Å². The van der Waals surface area contributed by atoms with Gasteiger partial charge in [-0.05, 0) is 74.7 Å². The normalized spacial score (nSPS) is 17.8. The van der Waals surface area contributed by atoms with Crippen molar-refractivity contribution in [1.29, 1.82) is 0 Å². The van der Waals surface area contributed by atoms with Gasteiger partial charge in [0.05, 0.1) is 5.41 Å². The van der Waals surface area contributed by atoms with Gasteiger partial charge >= 0.3 is 0 Å². The minimum Gasteiger partial charge on any atom is -0.485 e. The highest BCUT2D eigenvalue weighted by Crippen LogP contribution is 2.51. The molecule has 2 unspecified atom stereocenters. The highest BCUT2D eigenvalue weighted by Gasteiger charge is 2.46. The number of allylic oxidation sites excluding steroid dienone is 2. The van der Waals surface area contributed by atoms with Crippen molar-refractivity contribution in [3.8, 4) is 39.9 Å². The number of fused-ring (bicyclic) bond motifs is 7. The quantitative estimate of drug-likeness (QED) is 0.179. The average molecular weight is 642 g/mol. The fraction of sp³-hybridized carbons (Fsp3) is 0.0652. The van der Waals surface area contributed by atoms with Crippen LogP contribution in [0.1, 0.15) is 18.1 Å². The average Bonchev–Trinajstić information content (AvgIpc) is 3.49. The largest absolute Gasteiger partial charge is 0.485 e. The van der Waals surface area contributed by atoms with Gasteiger partial charge in [-0.15, -0.1) is 0 Å². The molecule has 2 aliphatic rings. The Morgan fingerprint density at radius 1 is 0.520 bits per heavy atom. The van der Waals surface area contributed by atoms with Gasteiger partial charge in [0.2, 0.25) is 0 Å². The van der Waals surface area contributed by atoms with Crippen LogP contribution >= 0.6 is 0 Å². The maximum atomic E-state index is 6.65. The number of nitrogens with zero attached hydrogens (tertiary/aromatic N) is 3. The SMILES string of the molecule is CC12C=C(c3ccc4c(ccc5ccccc54)c3)C=CC1Oc1cccc(-c3nc(-c4ccccc4)nc(-c4ccc5ccccc5c4)n3)c12. The van der Waals surface area contributed by atoms with E-state index in [2.05, 4.69) is 134 Å². The molecule has 1 aliphatic carbocycles. The van der Waals surface area contributed by atoms with Crippen molar-refractivity contribution in [2.45, 2.75) is 18.4 Å². The second kappa shape index (κ2) is 11.1. The fourth-order valence-corrected chi connectivity index (χ4v) is 7.77. The van der Waals surface area contributed by atoms with Gasteiger partial charge in [0.15, 0.2) is 17.5 Å². The van der Waals surface area contributed by atoms with E-state index in [0.29, 0.717) is 17.5 Å². The summed E-state index contributed by atoms with van der Waals surface area (Å²) in [5.74, 6) is 2.77. The summed E-state index contributed by atoms with van der Waals surface area (Å²) in [4.78, 5) is 15.3. The topological polar surface area (TPSA) is 47.9 Å². The smallest absolute Gasteiger partial charge is 0.164 e. The van der Waals surface area contributed by atoms with Crippen LogP contribution in [0.2, 0.25) is 0 Å². The lowest BCUT2D eigenvalue weighted by Gasteiger charge is -2.30. The van der Waals surface area contributed by atoms with E-state index in [-0.39, 0.29) is 6.10 Å². The number of benzene rings is 7.